The molecule has 0 atom stereocenters. The van der Waals surface area contributed by atoms with E-state index in [1.807, 2.05) is 31.2 Å². The molecule has 0 aliphatic carbocycles. The highest BCUT2D eigenvalue weighted by atomic mass is 16.5. The number of rotatable bonds is 9. The lowest BCUT2D eigenvalue weighted by Crippen LogP contribution is -2.10. The van der Waals surface area contributed by atoms with Gasteiger partial charge in [0.05, 0.1) is 19.3 Å². The zero-order chi connectivity index (χ0) is 17.4. The number of carbonyl (C=O) groups is 1. The van der Waals surface area contributed by atoms with E-state index in [1.54, 1.807) is 13.2 Å². The van der Waals surface area contributed by atoms with Crippen molar-refractivity contribution in [3.63, 3.8) is 0 Å². The van der Waals surface area contributed by atoms with Gasteiger partial charge in [0.25, 0.3) is 0 Å². The van der Waals surface area contributed by atoms with Crippen LogP contribution in [0, 0.1) is 0 Å². The van der Waals surface area contributed by atoms with E-state index in [4.69, 9.17) is 24.1 Å². The zero-order valence-corrected chi connectivity index (χ0v) is 13.7. The number of hydrogen-bond donors (Lipinski definition) is 1. The molecule has 128 valence electrons. The Balaban J connectivity index is 1.95. The summed E-state index contributed by atoms with van der Waals surface area (Å²) in [6, 6.07) is 11.8. The van der Waals surface area contributed by atoms with E-state index < -0.39 is 5.97 Å². The van der Waals surface area contributed by atoms with Gasteiger partial charge >= 0.3 is 5.97 Å². The van der Waals surface area contributed by atoms with Crippen molar-refractivity contribution in [2.45, 2.75) is 6.92 Å². The van der Waals surface area contributed by atoms with Crippen LogP contribution in [0.1, 0.15) is 17.3 Å². The van der Waals surface area contributed by atoms with E-state index >= 15 is 0 Å². The topological polar surface area (TPSA) is 74.2 Å². The molecule has 2 aromatic rings. The molecular formula is C18H20O6. The fourth-order valence-corrected chi connectivity index (χ4v) is 2.07. The molecule has 2 aromatic carbocycles. The van der Waals surface area contributed by atoms with Crippen molar-refractivity contribution in [1.29, 1.82) is 0 Å². The van der Waals surface area contributed by atoms with Gasteiger partial charge in [-0.05, 0) is 37.3 Å². The molecule has 0 aliphatic rings. The highest BCUT2D eigenvalue weighted by Gasteiger charge is 2.11. The second-order valence-corrected chi connectivity index (χ2v) is 4.75. The Bertz CT molecular complexity index is 683. The second-order valence-electron chi connectivity index (χ2n) is 4.75. The lowest BCUT2D eigenvalue weighted by atomic mass is 10.2. The van der Waals surface area contributed by atoms with E-state index in [0.717, 1.165) is 0 Å². The first kappa shape index (κ1) is 17.5. The van der Waals surface area contributed by atoms with E-state index in [2.05, 4.69) is 0 Å². The Morgan fingerprint density at radius 3 is 2.12 bits per heavy atom. The summed E-state index contributed by atoms with van der Waals surface area (Å²) in [4.78, 5) is 11.0. The van der Waals surface area contributed by atoms with Gasteiger partial charge in [-0.25, -0.2) is 4.79 Å². The first-order valence-electron chi connectivity index (χ1n) is 7.54. The summed E-state index contributed by atoms with van der Waals surface area (Å²) in [7, 11) is 1.58. The molecule has 0 amide bonds. The number of carboxylic acids is 1. The molecule has 0 spiro atoms. The molecule has 2 rings (SSSR count). The summed E-state index contributed by atoms with van der Waals surface area (Å²) >= 11 is 0. The quantitative estimate of drug-likeness (QED) is 0.711. The lowest BCUT2D eigenvalue weighted by molar-refractivity contribution is 0.0696. The minimum atomic E-state index is -1.01. The molecule has 0 unspecified atom stereocenters. The molecular weight excluding hydrogens is 312 g/mol. The van der Waals surface area contributed by atoms with E-state index in [0.29, 0.717) is 36.2 Å². The van der Waals surface area contributed by atoms with Crippen LogP contribution in [-0.4, -0.2) is 38.0 Å². The van der Waals surface area contributed by atoms with Crippen molar-refractivity contribution >= 4 is 5.97 Å². The molecule has 0 fully saturated rings. The van der Waals surface area contributed by atoms with Gasteiger partial charge in [0.15, 0.2) is 23.0 Å². The zero-order valence-electron chi connectivity index (χ0n) is 13.7. The maximum absolute atomic E-state index is 11.0. The molecule has 1 N–H and O–H groups in total. The highest BCUT2D eigenvalue weighted by Crippen LogP contribution is 2.29. The van der Waals surface area contributed by atoms with E-state index in [-0.39, 0.29) is 12.2 Å². The predicted octanol–water partition coefficient (Wildman–Crippen LogP) is 3.25. The maximum atomic E-state index is 11.0. The number of aromatic carboxylic acids is 1. The normalized spacial score (nSPS) is 10.1. The van der Waals surface area contributed by atoms with Crippen molar-refractivity contribution in [1.82, 2.24) is 0 Å². The number of para-hydroxylation sites is 2. The molecule has 6 nitrogen and oxygen atoms in total. The van der Waals surface area contributed by atoms with Gasteiger partial charge < -0.3 is 24.1 Å². The van der Waals surface area contributed by atoms with Gasteiger partial charge in [-0.15, -0.1) is 0 Å². The molecule has 0 aromatic heterocycles. The van der Waals surface area contributed by atoms with Crippen LogP contribution >= 0.6 is 0 Å². The van der Waals surface area contributed by atoms with E-state index in [1.165, 1.54) is 12.1 Å². The summed E-state index contributed by atoms with van der Waals surface area (Å²) < 4.78 is 21.9. The third-order valence-corrected chi connectivity index (χ3v) is 3.16. The van der Waals surface area contributed by atoms with Gasteiger partial charge in [-0.3, -0.25) is 0 Å². The van der Waals surface area contributed by atoms with Crippen LogP contribution in [0.15, 0.2) is 42.5 Å². The Labute approximate surface area is 140 Å². The smallest absolute Gasteiger partial charge is 0.335 e. The summed E-state index contributed by atoms with van der Waals surface area (Å²) in [5.74, 6) is 1.15. The second kappa shape index (κ2) is 8.67. The lowest BCUT2D eigenvalue weighted by Gasteiger charge is -2.14. The Morgan fingerprint density at radius 2 is 1.54 bits per heavy atom. The molecule has 24 heavy (non-hydrogen) atoms. The minimum Gasteiger partial charge on any atom is -0.493 e. The fourth-order valence-electron chi connectivity index (χ4n) is 2.07. The SMILES string of the molecule is CCOc1cc(C(=O)O)ccc1OCCOc1ccccc1OC. The first-order valence-corrected chi connectivity index (χ1v) is 7.54. The molecule has 6 heteroatoms. The summed E-state index contributed by atoms with van der Waals surface area (Å²) in [5, 5.41) is 9.03. The van der Waals surface area contributed by atoms with Crippen molar-refractivity contribution in [2.24, 2.45) is 0 Å². The van der Waals surface area contributed by atoms with Gasteiger partial charge in [-0.1, -0.05) is 12.1 Å². The standard InChI is InChI=1S/C18H20O6/c1-3-22-17-12-13(18(19)20)8-9-16(17)24-11-10-23-15-7-5-4-6-14(15)21-2/h4-9,12H,3,10-11H2,1-2H3,(H,19,20). The predicted molar refractivity (Wildman–Crippen MR) is 88.6 cm³/mol. The third kappa shape index (κ3) is 4.55. The van der Waals surface area contributed by atoms with Crippen molar-refractivity contribution in [3.8, 4) is 23.0 Å². The van der Waals surface area contributed by atoms with Gasteiger partial charge in [0.2, 0.25) is 0 Å². The van der Waals surface area contributed by atoms with Crippen LogP contribution < -0.4 is 18.9 Å². The highest BCUT2D eigenvalue weighted by molar-refractivity contribution is 5.88. The van der Waals surface area contributed by atoms with Crippen LogP contribution in [0.2, 0.25) is 0 Å². The Morgan fingerprint density at radius 1 is 0.917 bits per heavy atom. The van der Waals surface area contributed by atoms with Crippen molar-refractivity contribution < 1.29 is 28.8 Å². The molecule has 0 radical (unpaired) electrons. The van der Waals surface area contributed by atoms with Gasteiger partial charge in [0, 0.05) is 0 Å². The van der Waals surface area contributed by atoms with E-state index in [9.17, 15) is 4.79 Å². The third-order valence-electron chi connectivity index (χ3n) is 3.16. The summed E-state index contributed by atoms with van der Waals surface area (Å²) in [6.07, 6.45) is 0. The monoisotopic (exact) mass is 332 g/mol. The van der Waals surface area contributed by atoms with Gasteiger partial charge in [-0.2, -0.15) is 0 Å². The fraction of sp³-hybridized carbons (Fsp3) is 0.278. The number of benzene rings is 2. The molecule has 0 aliphatic heterocycles. The number of ether oxygens (including phenoxy) is 4. The Kier molecular flexibility index (Phi) is 6.31. The van der Waals surface area contributed by atoms with Crippen molar-refractivity contribution in [2.75, 3.05) is 26.9 Å². The molecule has 0 saturated heterocycles. The van der Waals surface area contributed by atoms with Crippen LogP contribution in [0.4, 0.5) is 0 Å². The van der Waals surface area contributed by atoms with Crippen LogP contribution in [-0.2, 0) is 0 Å². The van der Waals surface area contributed by atoms with Crippen LogP contribution in [0.5, 0.6) is 23.0 Å². The molecule has 0 bridgehead atoms. The number of methoxy groups -OCH3 is 1. The van der Waals surface area contributed by atoms with Gasteiger partial charge in [0.1, 0.15) is 13.2 Å². The van der Waals surface area contributed by atoms with Crippen LogP contribution in [0.25, 0.3) is 0 Å². The summed E-state index contributed by atoms with van der Waals surface area (Å²) in [6.45, 7) is 2.83. The average Bonchev–Trinajstić information content (AvgIpc) is 2.60. The number of carboxylic acid groups (broad SMARTS) is 1. The Hall–Kier alpha value is -2.89. The maximum Gasteiger partial charge on any atom is 0.335 e. The first-order chi connectivity index (χ1) is 11.7. The largest absolute Gasteiger partial charge is 0.493 e. The molecule has 0 saturated carbocycles. The number of hydrogen-bond acceptors (Lipinski definition) is 5. The minimum absolute atomic E-state index is 0.149. The summed E-state index contributed by atoms with van der Waals surface area (Å²) in [5.41, 5.74) is 0.149. The van der Waals surface area contributed by atoms with Crippen molar-refractivity contribution in [3.05, 3.63) is 48.0 Å². The molecule has 0 heterocycles. The average molecular weight is 332 g/mol. The van der Waals surface area contributed by atoms with Crippen LogP contribution in [0.3, 0.4) is 0 Å².